The standard InChI is InChI=1S/C13H15N5O2.C2H6/c1-7-15-10-9-11(16-7)18(12(19)17(9)3-2-14-10)13-4-8(13)5-20-6-13;1-2/h8H,2-6H2,1H3,(H,14,15,16);1-2H3. The molecular weight excluding hydrogens is 282 g/mol. The lowest BCUT2D eigenvalue weighted by atomic mass is 10.2. The Balaban J connectivity index is 0.000000602. The molecule has 2 aliphatic heterocycles. The summed E-state index contributed by atoms with van der Waals surface area (Å²) in [5.74, 6) is 1.94. The Morgan fingerprint density at radius 1 is 1.36 bits per heavy atom. The zero-order valence-electron chi connectivity index (χ0n) is 13.2. The molecule has 2 aromatic rings. The van der Waals surface area contributed by atoms with E-state index in [2.05, 4.69) is 15.3 Å². The maximum Gasteiger partial charge on any atom is 0.331 e. The van der Waals surface area contributed by atoms with Gasteiger partial charge in [0, 0.05) is 19.0 Å². The molecule has 22 heavy (non-hydrogen) atoms. The van der Waals surface area contributed by atoms with Gasteiger partial charge in [0.05, 0.1) is 18.8 Å². The SMILES string of the molecule is CC.Cc1nc2c3c(n1)n(C14COCC1C4)c(=O)n3CCN2. The number of nitrogens with one attached hydrogen (secondary N) is 1. The lowest BCUT2D eigenvalue weighted by molar-refractivity contribution is 0.147. The van der Waals surface area contributed by atoms with Crippen LogP contribution in [0.25, 0.3) is 11.2 Å². The molecule has 2 atom stereocenters. The topological polar surface area (TPSA) is 74.0 Å². The van der Waals surface area contributed by atoms with E-state index in [0.29, 0.717) is 24.9 Å². The van der Waals surface area contributed by atoms with Crippen molar-refractivity contribution in [2.24, 2.45) is 5.92 Å². The Morgan fingerprint density at radius 3 is 2.86 bits per heavy atom. The van der Waals surface area contributed by atoms with Crippen molar-refractivity contribution in [3.63, 3.8) is 0 Å². The summed E-state index contributed by atoms with van der Waals surface area (Å²) in [5.41, 5.74) is 1.50. The van der Waals surface area contributed by atoms with Crippen molar-refractivity contribution < 1.29 is 4.74 Å². The Bertz CT molecular complexity index is 808. The first-order valence-corrected chi connectivity index (χ1v) is 8.03. The van der Waals surface area contributed by atoms with Crippen LogP contribution in [0.15, 0.2) is 4.79 Å². The molecule has 2 aromatic heterocycles. The second-order valence-corrected chi connectivity index (χ2v) is 6.01. The van der Waals surface area contributed by atoms with Crippen molar-refractivity contribution >= 4 is 17.0 Å². The van der Waals surface area contributed by atoms with Crippen molar-refractivity contribution in [3.8, 4) is 0 Å². The van der Waals surface area contributed by atoms with Crippen LogP contribution in [0, 0.1) is 12.8 Å². The van der Waals surface area contributed by atoms with Gasteiger partial charge in [-0.15, -0.1) is 0 Å². The van der Waals surface area contributed by atoms with Gasteiger partial charge in [0.15, 0.2) is 11.5 Å². The molecule has 1 saturated carbocycles. The third kappa shape index (κ3) is 1.57. The van der Waals surface area contributed by atoms with Gasteiger partial charge in [0.25, 0.3) is 0 Å². The van der Waals surface area contributed by atoms with Gasteiger partial charge in [0.2, 0.25) is 0 Å². The summed E-state index contributed by atoms with van der Waals surface area (Å²) < 4.78 is 9.25. The summed E-state index contributed by atoms with van der Waals surface area (Å²) >= 11 is 0. The van der Waals surface area contributed by atoms with Crippen LogP contribution in [0.5, 0.6) is 0 Å². The number of aromatic nitrogens is 4. The quantitative estimate of drug-likeness (QED) is 0.854. The molecule has 7 nitrogen and oxygen atoms in total. The highest BCUT2D eigenvalue weighted by molar-refractivity contribution is 5.85. The highest BCUT2D eigenvalue weighted by atomic mass is 16.5. The van der Waals surface area contributed by atoms with Crippen LogP contribution in [0.2, 0.25) is 0 Å². The average molecular weight is 303 g/mol. The van der Waals surface area contributed by atoms with Gasteiger partial charge < -0.3 is 10.1 Å². The van der Waals surface area contributed by atoms with Crippen LogP contribution >= 0.6 is 0 Å². The van der Waals surface area contributed by atoms with Gasteiger partial charge in [-0.1, -0.05) is 13.8 Å². The number of hydrogen-bond acceptors (Lipinski definition) is 5. The normalized spacial score (nSPS) is 27.9. The number of nitrogens with zero attached hydrogens (tertiary/aromatic N) is 4. The number of rotatable bonds is 1. The fourth-order valence-corrected chi connectivity index (χ4v) is 3.76. The van der Waals surface area contributed by atoms with Crippen molar-refractivity contribution in [2.75, 3.05) is 25.1 Å². The molecule has 0 radical (unpaired) electrons. The second kappa shape index (κ2) is 4.55. The minimum Gasteiger partial charge on any atom is -0.379 e. The van der Waals surface area contributed by atoms with E-state index < -0.39 is 0 Å². The highest BCUT2D eigenvalue weighted by Crippen LogP contribution is 2.55. The van der Waals surface area contributed by atoms with Gasteiger partial charge in [-0.3, -0.25) is 9.13 Å². The average Bonchev–Trinajstić information content (AvgIpc) is 2.94. The predicted octanol–water partition coefficient (Wildman–Crippen LogP) is 1.10. The lowest BCUT2D eigenvalue weighted by Crippen LogP contribution is -2.35. The van der Waals surface area contributed by atoms with Crippen molar-refractivity contribution in [2.45, 2.75) is 39.3 Å². The molecule has 0 spiro atoms. The number of imidazole rings is 1. The van der Waals surface area contributed by atoms with Crippen molar-refractivity contribution in [1.29, 1.82) is 0 Å². The highest BCUT2D eigenvalue weighted by Gasteiger charge is 2.61. The Kier molecular flexibility index (Phi) is 2.84. The fraction of sp³-hybridized carbons (Fsp3) is 0.667. The minimum absolute atomic E-state index is 0.0376. The predicted molar refractivity (Wildman–Crippen MR) is 83.3 cm³/mol. The zero-order valence-corrected chi connectivity index (χ0v) is 13.2. The van der Waals surface area contributed by atoms with Gasteiger partial charge in [-0.05, 0) is 13.3 Å². The van der Waals surface area contributed by atoms with E-state index in [-0.39, 0.29) is 11.2 Å². The Morgan fingerprint density at radius 2 is 2.18 bits per heavy atom. The summed E-state index contributed by atoms with van der Waals surface area (Å²) in [4.78, 5) is 21.8. The molecule has 1 aliphatic carbocycles. The van der Waals surface area contributed by atoms with Crippen LogP contribution in [0.1, 0.15) is 26.1 Å². The van der Waals surface area contributed by atoms with E-state index in [0.717, 1.165) is 36.6 Å². The molecule has 1 saturated heterocycles. The Hall–Kier alpha value is -1.89. The first-order chi connectivity index (χ1) is 10.7. The summed E-state index contributed by atoms with van der Waals surface area (Å²) in [7, 11) is 0. The molecule has 0 bridgehead atoms. The summed E-state index contributed by atoms with van der Waals surface area (Å²) in [6, 6.07) is 0. The zero-order chi connectivity index (χ0) is 15.5. The van der Waals surface area contributed by atoms with E-state index in [1.165, 1.54) is 0 Å². The number of ether oxygens (including phenoxy) is 1. The third-order valence-electron chi connectivity index (χ3n) is 4.83. The minimum atomic E-state index is -0.150. The smallest absolute Gasteiger partial charge is 0.331 e. The van der Waals surface area contributed by atoms with Gasteiger partial charge in [-0.2, -0.15) is 0 Å². The molecule has 4 heterocycles. The van der Waals surface area contributed by atoms with Crippen LogP contribution < -0.4 is 11.0 Å². The summed E-state index contributed by atoms with van der Waals surface area (Å²) in [6.45, 7) is 8.65. The van der Waals surface area contributed by atoms with Crippen molar-refractivity contribution in [3.05, 3.63) is 16.3 Å². The van der Waals surface area contributed by atoms with E-state index in [9.17, 15) is 4.79 Å². The maximum atomic E-state index is 12.8. The van der Waals surface area contributed by atoms with Gasteiger partial charge >= 0.3 is 5.69 Å². The first kappa shape index (κ1) is 13.8. The van der Waals surface area contributed by atoms with E-state index in [1.807, 2.05) is 29.9 Å². The Labute approximate surface area is 128 Å². The molecular formula is C15H21N5O2. The fourth-order valence-electron chi connectivity index (χ4n) is 3.76. The maximum absolute atomic E-state index is 12.8. The molecule has 7 heteroatoms. The number of fused-ring (bicyclic) bond motifs is 1. The molecule has 1 N–H and O–H groups in total. The molecule has 2 unspecified atom stereocenters. The summed E-state index contributed by atoms with van der Waals surface area (Å²) in [5, 5.41) is 3.27. The molecule has 3 aliphatic rings. The molecule has 0 aromatic carbocycles. The largest absolute Gasteiger partial charge is 0.379 e. The number of anilines is 1. The lowest BCUT2D eigenvalue weighted by Gasteiger charge is -2.15. The number of aryl methyl sites for hydroxylation is 1. The van der Waals surface area contributed by atoms with Crippen LogP contribution in [0.4, 0.5) is 5.82 Å². The van der Waals surface area contributed by atoms with Crippen LogP contribution in [-0.4, -0.2) is 38.9 Å². The second-order valence-electron chi connectivity index (χ2n) is 6.01. The summed E-state index contributed by atoms with van der Waals surface area (Å²) in [6.07, 6.45) is 1.03. The van der Waals surface area contributed by atoms with E-state index >= 15 is 0 Å². The third-order valence-corrected chi connectivity index (χ3v) is 4.83. The van der Waals surface area contributed by atoms with Gasteiger partial charge in [0.1, 0.15) is 11.3 Å². The van der Waals surface area contributed by atoms with E-state index in [4.69, 9.17) is 4.74 Å². The van der Waals surface area contributed by atoms with Crippen molar-refractivity contribution in [1.82, 2.24) is 19.1 Å². The van der Waals surface area contributed by atoms with Gasteiger partial charge in [-0.25, -0.2) is 14.8 Å². The molecule has 118 valence electrons. The molecule has 0 amide bonds. The number of hydrogen-bond donors (Lipinski definition) is 1. The van der Waals surface area contributed by atoms with Crippen LogP contribution in [0.3, 0.4) is 0 Å². The van der Waals surface area contributed by atoms with Crippen LogP contribution in [-0.2, 0) is 16.8 Å². The molecule has 5 rings (SSSR count). The molecule has 2 fully saturated rings. The monoisotopic (exact) mass is 303 g/mol. The first-order valence-electron chi connectivity index (χ1n) is 8.03. The van der Waals surface area contributed by atoms with E-state index in [1.54, 1.807) is 0 Å².